The van der Waals surface area contributed by atoms with Gasteiger partial charge in [-0.1, -0.05) is 19.8 Å². The molecule has 0 aliphatic rings. The summed E-state index contributed by atoms with van der Waals surface area (Å²) >= 11 is 0. The van der Waals surface area contributed by atoms with E-state index in [-0.39, 0.29) is 6.42 Å². The van der Waals surface area contributed by atoms with E-state index >= 15 is 0 Å². The van der Waals surface area contributed by atoms with Crippen molar-refractivity contribution in [2.24, 2.45) is 0 Å². The molecule has 0 aliphatic heterocycles. The lowest BCUT2D eigenvalue weighted by Crippen LogP contribution is -2.51. The molecular weight excluding hydrogens is 281 g/mol. The first-order valence-corrected chi connectivity index (χ1v) is 6.17. The third-order valence-corrected chi connectivity index (χ3v) is 2.47. The van der Waals surface area contributed by atoms with Gasteiger partial charge in [0.2, 0.25) is 0 Å². The molecular formula is C11H19F3N2O4. The van der Waals surface area contributed by atoms with E-state index in [1.165, 1.54) is 0 Å². The number of carbonyl (C=O) groups excluding carboxylic acids is 1. The van der Waals surface area contributed by atoms with Gasteiger partial charge in [0.05, 0.1) is 6.61 Å². The van der Waals surface area contributed by atoms with Gasteiger partial charge in [-0.3, -0.25) is 0 Å². The Labute approximate surface area is 114 Å². The number of amides is 2. The van der Waals surface area contributed by atoms with E-state index in [4.69, 9.17) is 10.2 Å². The summed E-state index contributed by atoms with van der Waals surface area (Å²) < 4.78 is 36.8. The van der Waals surface area contributed by atoms with Crippen LogP contribution in [0.2, 0.25) is 0 Å². The lowest BCUT2D eigenvalue weighted by Gasteiger charge is -2.25. The molecule has 2 amide bonds. The first kappa shape index (κ1) is 18.5. The maximum atomic E-state index is 12.3. The Kier molecular flexibility index (Phi) is 7.97. The molecule has 0 aromatic rings. The number of aliphatic hydroxyl groups is 1. The highest BCUT2D eigenvalue weighted by atomic mass is 19.4. The summed E-state index contributed by atoms with van der Waals surface area (Å²) in [5, 5.41) is 19.6. The zero-order valence-corrected chi connectivity index (χ0v) is 11.1. The zero-order valence-electron chi connectivity index (χ0n) is 11.1. The first-order valence-electron chi connectivity index (χ1n) is 6.17. The smallest absolute Gasteiger partial charge is 0.406 e. The number of nitrogens with one attached hydrogen (secondary N) is 1. The Hall–Kier alpha value is -1.51. The molecule has 118 valence electrons. The predicted octanol–water partition coefficient (Wildman–Crippen LogP) is 1.20. The summed E-state index contributed by atoms with van der Waals surface area (Å²) in [6.45, 7) is -0.885. The highest BCUT2D eigenvalue weighted by Crippen LogP contribution is 2.16. The molecule has 0 bridgehead atoms. The molecule has 0 fully saturated rings. The minimum Gasteiger partial charge on any atom is -0.480 e. The van der Waals surface area contributed by atoms with Gasteiger partial charge in [-0.05, 0) is 6.42 Å². The summed E-state index contributed by atoms with van der Waals surface area (Å²) in [6, 6.07) is -2.39. The van der Waals surface area contributed by atoms with Gasteiger partial charge in [-0.15, -0.1) is 0 Å². The molecule has 0 aromatic carbocycles. The number of carboxylic acids is 1. The van der Waals surface area contributed by atoms with E-state index in [0.29, 0.717) is 17.7 Å². The summed E-state index contributed by atoms with van der Waals surface area (Å²) in [6.07, 6.45) is -3.26. The molecule has 0 saturated heterocycles. The van der Waals surface area contributed by atoms with Gasteiger partial charge in [0.1, 0.15) is 12.6 Å². The Balaban J connectivity index is 4.66. The van der Waals surface area contributed by atoms with Crippen LogP contribution < -0.4 is 5.32 Å². The van der Waals surface area contributed by atoms with Crippen LogP contribution in [0, 0.1) is 0 Å². The number of carbonyl (C=O) groups is 2. The molecule has 9 heteroatoms. The van der Waals surface area contributed by atoms with E-state index in [9.17, 15) is 22.8 Å². The standard InChI is InChI=1S/C11H19F3N2O4/c1-2-3-4-8(9(18)19)15-10(20)16(5-6-17)7-11(12,13)14/h8,17H,2-7H2,1H3,(H,15,20)(H,18,19)/t8-/m0/s1. The first-order chi connectivity index (χ1) is 9.21. The van der Waals surface area contributed by atoms with Gasteiger partial charge >= 0.3 is 18.2 Å². The van der Waals surface area contributed by atoms with Crippen LogP contribution in [0.15, 0.2) is 0 Å². The van der Waals surface area contributed by atoms with Crippen LogP contribution in [0.3, 0.4) is 0 Å². The fourth-order valence-corrected chi connectivity index (χ4v) is 1.50. The number of rotatable bonds is 8. The molecule has 0 spiro atoms. The number of carboxylic acid groups (broad SMARTS) is 1. The summed E-state index contributed by atoms with van der Waals surface area (Å²) in [5.41, 5.74) is 0. The second-order valence-corrected chi connectivity index (χ2v) is 4.24. The normalized spacial score (nSPS) is 12.8. The SMILES string of the molecule is CCCC[C@H](NC(=O)N(CCO)CC(F)(F)F)C(=O)O. The number of unbranched alkanes of at least 4 members (excludes halogenated alkanes) is 1. The third-order valence-electron chi connectivity index (χ3n) is 2.47. The molecule has 1 atom stereocenters. The van der Waals surface area contributed by atoms with Crippen LogP contribution in [-0.4, -0.2) is 59.0 Å². The summed E-state index contributed by atoms with van der Waals surface area (Å²) in [7, 11) is 0. The average Bonchev–Trinajstić information content (AvgIpc) is 2.31. The molecule has 3 N–H and O–H groups in total. The van der Waals surface area contributed by atoms with Gasteiger partial charge in [-0.2, -0.15) is 13.2 Å². The van der Waals surface area contributed by atoms with Crippen molar-refractivity contribution in [2.75, 3.05) is 19.7 Å². The Bertz CT molecular complexity index is 323. The van der Waals surface area contributed by atoms with Crippen LogP contribution in [0.25, 0.3) is 0 Å². The number of halogens is 3. The summed E-state index contributed by atoms with van der Waals surface area (Å²) in [4.78, 5) is 22.9. The van der Waals surface area contributed by atoms with Crippen LogP contribution in [0.1, 0.15) is 26.2 Å². The second kappa shape index (κ2) is 8.62. The van der Waals surface area contributed by atoms with Gasteiger partial charge in [0, 0.05) is 6.54 Å². The minimum absolute atomic E-state index is 0.135. The van der Waals surface area contributed by atoms with Gasteiger partial charge in [0.25, 0.3) is 0 Å². The van der Waals surface area contributed by atoms with Crippen molar-refractivity contribution in [3.63, 3.8) is 0 Å². The lowest BCUT2D eigenvalue weighted by molar-refractivity contribution is -0.141. The number of alkyl halides is 3. The Morgan fingerprint density at radius 2 is 1.95 bits per heavy atom. The molecule has 0 heterocycles. The van der Waals surface area contributed by atoms with Crippen molar-refractivity contribution in [3.05, 3.63) is 0 Å². The van der Waals surface area contributed by atoms with E-state index in [1.807, 2.05) is 12.2 Å². The van der Waals surface area contributed by atoms with E-state index in [0.717, 1.165) is 0 Å². The van der Waals surface area contributed by atoms with Crippen LogP contribution >= 0.6 is 0 Å². The van der Waals surface area contributed by atoms with Crippen molar-refractivity contribution in [2.45, 2.75) is 38.4 Å². The fourth-order valence-electron chi connectivity index (χ4n) is 1.50. The third kappa shape index (κ3) is 7.82. The Morgan fingerprint density at radius 1 is 1.35 bits per heavy atom. The second-order valence-electron chi connectivity index (χ2n) is 4.24. The van der Waals surface area contributed by atoms with E-state index in [1.54, 1.807) is 0 Å². The molecule has 20 heavy (non-hydrogen) atoms. The molecule has 0 aromatic heterocycles. The number of nitrogens with zero attached hydrogens (tertiary/aromatic N) is 1. The number of urea groups is 1. The van der Waals surface area contributed by atoms with Crippen LogP contribution in [0.5, 0.6) is 0 Å². The minimum atomic E-state index is -4.62. The van der Waals surface area contributed by atoms with Crippen molar-refractivity contribution >= 4 is 12.0 Å². The van der Waals surface area contributed by atoms with E-state index < -0.39 is 43.9 Å². The number of hydrogen-bond acceptors (Lipinski definition) is 3. The lowest BCUT2D eigenvalue weighted by atomic mass is 10.1. The maximum absolute atomic E-state index is 12.3. The van der Waals surface area contributed by atoms with Crippen molar-refractivity contribution < 1.29 is 33.0 Å². The molecule has 0 radical (unpaired) electrons. The van der Waals surface area contributed by atoms with E-state index in [2.05, 4.69) is 0 Å². The topological polar surface area (TPSA) is 89.9 Å². The molecule has 0 saturated carbocycles. The largest absolute Gasteiger partial charge is 0.480 e. The Morgan fingerprint density at radius 3 is 2.35 bits per heavy atom. The highest BCUT2D eigenvalue weighted by molar-refractivity contribution is 5.82. The van der Waals surface area contributed by atoms with Crippen molar-refractivity contribution in [3.8, 4) is 0 Å². The van der Waals surface area contributed by atoms with Gasteiger partial charge < -0.3 is 20.4 Å². The number of aliphatic hydroxyl groups excluding tert-OH is 1. The quantitative estimate of drug-likeness (QED) is 0.628. The van der Waals surface area contributed by atoms with Crippen molar-refractivity contribution in [1.82, 2.24) is 10.2 Å². The van der Waals surface area contributed by atoms with Crippen LogP contribution in [0.4, 0.5) is 18.0 Å². The fraction of sp³-hybridized carbons (Fsp3) is 0.818. The average molecular weight is 300 g/mol. The number of aliphatic carboxylic acids is 1. The van der Waals surface area contributed by atoms with Crippen LogP contribution in [-0.2, 0) is 4.79 Å². The highest BCUT2D eigenvalue weighted by Gasteiger charge is 2.33. The number of hydrogen-bond donors (Lipinski definition) is 3. The molecule has 0 rings (SSSR count). The van der Waals surface area contributed by atoms with Crippen molar-refractivity contribution in [1.29, 1.82) is 0 Å². The predicted molar refractivity (Wildman–Crippen MR) is 64.2 cm³/mol. The zero-order chi connectivity index (χ0) is 15.8. The molecule has 6 nitrogen and oxygen atoms in total. The maximum Gasteiger partial charge on any atom is 0.406 e. The molecule has 0 aliphatic carbocycles. The van der Waals surface area contributed by atoms with Gasteiger partial charge in [0.15, 0.2) is 0 Å². The van der Waals surface area contributed by atoms with Gasteiger partial charge in [-0.25, -0.2) is 9.59 Å². The molecule has 0 unspecified atom stereocenters. The summed E-state index contributed by atoms with van der Waals surface area (Å²) in [5.74, 6) is -1.30. The monoisotopic (exact) mass is 300 g/mol.